The third-order valence-corrected chi connectivity index (χ3v) is 3.63. The van der Waals surface area contributed by atoms with Gasteiger partial charge < -0.3 is 5.32 Å². The van der Waals surface area contributed by atoms with Crippen LogP contribution in [0.15, 0.2) is 9.27 Å². The number of hydrogen-bond acceptors (Lipinski definition) is 3. The maximum atomic E-state index is 11.6. The summed E-state index contributed by atoms with van der Waals surface area (Å²) in [6, 6.07) is 0. The number of anilines is 1. The van der Waals surface area contributed by atoms with E-state index in [9.17, 15) is 4.79 Å². The smallest absolute Gasteiger partial charge is 0.266 e. The van der Waals surface area contributed by atoms with Crippen LogP contribution in [0.1, 0.15) is 37.3 Å². The second-order valence-corrected chi connectivity index (χ2v) is 4.64. The molecule has 1 saturated carbocycles. The number of aromatic nitrogens is 2. The zero-order valence-corrected chi connectivity index (χ0v) is 10.2. The summed E-state index contributed by atoms with van der Waals surface area (Å²) in [5.74, 6) is 0.985. The lowest BCUT2D eigenvalue weighted by molar-refractivity contribution is 0.688. The van der Waals surface area contributed by atoms with E-state index < -0.39 is 0 Å². The predicted molar refractivity (Wildman–Crippen MR) is 63.3 cm³/mol. The van der Waals surface area contributed by atoms with Gasteiger partial charge in [-0.25, -0.2) is 4.98 Å². The number of nitrogens with zero attached hydrogens (tertiary/aromatic N) is 1. The Bertz CT molecular complexity index is 410. The zero-order chi connectivity index (χ0) is 10.8. The Morgan fingerprint density at radius 2 is 2.13 bits per heavy atom. The highest BCUT2D eigenvalue weighted by molar-refractivity contribution is 9.10. The van der Waals surface area contributed by atoms with Crippen molar-refractivity contribution < 1.29 is 0 Å². The van der Waals surface area contributed by atoms with Gasteiger partial charge in [0.15, 0.2) is 0 Å². The van der Waals surface area contributed by atoms with Crippen molar-refractivity contribution in [3.05, 3.63) is 20.5 Å². The lowest BCUT2D eigenvalue weighted by atomic mass is 10.0. The number of halogens is 1. The molecule has 0 unspecified atom stereocenters. The van der Waals surface area contributed by atoms with Crippen LogP contribution in [0, 0.1) is 0 Å². The van der Waals surface area contributed by atoms with Crippen molar-refractivity contribution in [2.75, 3.05) is 12.4 Å². The summed E-state index contributed by atoms with van der Waals surface area (Å²) in [5.41, 5.74) is 0.803. The van der Waals surface area contributed by atoms with Gasteiger partial charge in [0, 0.05) is 13.0 Å². The monoisotopic (exact) mass is 271 g/mol. The first-order chi connectivity index (χ1) is 7.22. The standard InChI is InChI=1S/C10H14BrN3O/c1-12-10-13-8(6-4-2-3-5-6)7(11)9(15)14-10/h6H,2-5H2,1H3,(H2,12,13,14,15). The molecule has 1 aliphatic carbocycles. The summed E-state index contributed by atoms with van der Waals surface area (Å²) < 4.78 is 0.591. The van der Waals surface area contributed by atoms with E-state index in [1.807, 2.05) is 0 Å². The van der Waals surface area contributed by atoms with E-state index in [-0.39, 0.29) is 5.56 Å². The number of rotatable bonds is 2. The third-order valence-electron chi connectivity index (χ3n) is 2.87. The molecule has 2 N–H and O–H groups in total. The van der Waals surface area contributed by atoms with Crippen LogP contribution in [0.5, 0.6) is 0 Å². The fraction of sp³-hybridized carbons (Fsp3) is 0.600. The molecule has 0 amide bonds. The van der Waals surface area contributed by atoms with Crippen molar-refractivity contribution in [2.24, 2.45) is 0 Å². The molecule has 1 aromatic rings. The molecule has 15 heavy (non-hydrogen) atoms. The molecule has 0 aliphatic heterocycles. The molecular formula is C10H14BrN3O. The van der Waals surface area contributed by atoms with Gasteiger partial charge in [-0.1, -0.05) is 12.8 Å². The third kappa shape index (κ3) is 2.07. The van der Waals surface area contributed by atoms with Crippen molar-refractivity contribution in [3.8, 4) is 0 Å². The molecule has 82 valence electrons. The number of hydrogen-bond donors (Lipinski definition) is 2. The predicted octanol–water partition coefficient (Wildman–Crippen LogP) is 2.23. The van der Waals surface area contributed by atoms with E-state index in [0.29, 0.717) is 16.3 Å². The topological polar surface area (TPSA) is 57.8 Å². The number of aromatic amines is 1. The minimum atomic E-state index is -0.101. The molecule has 2 rings (SSSR count). The highest BCUT2D eigenvalue weighted by Gasteiger charge is 2.22. The lowest BCUT2D eigenvalue weighted by Gasteiger charge is -2.11. The summed E-state index contributed by atoms with van der Waals surface area (Å²) in [5, 5.41) is 2.87. The Kier molecular flexibility index (Phi) is 3.09. The van der Waals surface area contributed by atoms with E-state index in [4.69, 9.17) is 0 Å². The van der Waals surface area contributed by atoms with Crippen LogP contribution in [-0.2, 0) is 0 Å². The minimum Gasteiger partial charge on any atom is -0.359 e. The Labute approximate surface area is 96.6 Å². The molecule has 0 aromatic carbocycles. The molecule has 5 heteroatoms. The van der Waals surface area contributed by atoms with Crippen LogP contribution in [0.3, 0.4) is 0 Å². The van der Waals surface area contributed by atoms with Crippen molar-refractivity contribution in [3.63, 3.8) is 0 Å². The Morgan fingerprint density at radius 3 is 2.73 bits per heavy atom. The van der Waals surface area contributed by atoms with Crippen molar-refractivity contribution in [1.29, 1.82) is 0 Å². The van der Waals surface area contributed by atoms with Gasteiger partial charge in [0.05, 0.1) is 5.69 Å². The number of H-pyrrole nitrogens is 1. The fourth-order valence-corrected chi connectivity index (χ4v) is 2.58. The highest BCUT2D eigenvalue weighted by Crippen LogP contribution is 2.35. The van der Waals surface area contributed by atoms with Crippen LogP contribution < -0.4 is 10.9 Å². The first-order valence-corrected chi connectivity index (χ1v) is 5.99. The van der Waals surface area contributed by atoms with Crippen molar-refractivity contribution >= 4 is 21.9 Å². The Morgan fingerprint density at radius 1 is 1.47 bits per heavy atom. The lowest BCUT2D eigenvalue weighted by Crippen LogP contribution is -2.16. The zero-order valence-electron chi connectivity index (χ0n) is 8.64. The molecule has 1 heterocycles. The minimum absolute atomic E-state index is 0.101. The summed E-state index contributed by atoms with van der Waals surface area (Å²) in [6.07, 6.45) is 4.75. The van der Waals surface area contributed by atoms with E-state index in [2.05, 4.69) is 31.2 Å². The summed E-state index contributed by atoms with van der Waals surface area (Å²) in [4.78, 5) is 18.7. The quantitative estimate of drug-likeness (QED) is 0.868. The highest BCUT2D eigenvalue weighted by atomic mass is 79.9. The van der Waals surface area contributed by atoms with Gasteiger partial charge in [-0.15, -0.1) is 0 Å². The molecule has 1 aliphatic rings. The first-order valence-electron chi connectivity index (χ1n) is 5.20. The van der Waals surface area contributed by atoms with Gasteiger partial charge in [-0.3, -0.25) is 9.78 Å². The summed E-state index contributed by atoms with van der Waals surface area (Å²) >= 11 is 3.32. The average Bonchev–Trinajstić information content (AvgIpc) is 2.75. The maximum Gasteiger partial charge on any atom is 0.266 e. The van der Waals surface area contributed by atoms with Crippen molar-refractivity contribution in [1.82, 2.24) is 9.97 Å². The fourth-order valence-electron chi connectivity index (χ4n) is 2.06. The summed E-state index contributed by atoms with van der Waals surface area (Å²) in [7, 11) is 1.75. The molecular weight excluding hydrogens is 258 g/mol. The first kappa shape index (κ1) is 10.7. The van der Waals surface area contributed by atoms with E-state index in [1.54, 1.807) is 7.05 Å². The summed E-state index contributed by atoms with van der Waals surface area (Å²) in [6.45, 7) is 0. The number of nitrogens with one attached hydrogen (secondary N) is 2. The van der Waals surface area contributed by atoms with Crippen molar-refractivity contribution in [2.45, 2.75) is 31.6 Å². The van der Waals surface area contributed by atoms with Gasteiger partial charge in [-0.05, 0) is 28.8 Å². The second-order valence-electron chi connectivity index (χ2n) is 3.85. The molecule has 0 saturated heterocycles. The molecule has 0 spiro atoms. The van der Waals surface area contributed by atoms with Gasteiger partial charge in [0.25, 0.3) is 5.56 Å². The van der Waals surface area contributed by atoms with E-state index >= 15 is 0 Å². The maximum absolute atomic E-state index is 11.6. The van der Waals surface area contributed by atoms with Crippen LogP contribution in [-0.4, -0.2) is 17.0 Å². The SMILES string of the molecule is CNc1nc(C2CCCC2)c(Br)c(=O)[nH]1. The average molecular weight is 272 g/mol. The van der Waals surface area contributed by atoms with Gasteiger partial charge >= 0.3 is 0 Å². The van der Waals surface area contributed by atoms with Crippen LogP contribution in [0.2, 0.25) is 0 Å². The largest absolute Gasteiger partial charge is 0.359 e. The molecule has 0 bridgehead atoms. The Hall–Kier alpha value is -0.840. The molecule has 4 nitrogen and oxygen atoms in total. The second kappa shape index (κ2) is 4.35. The van der Waals surface area contributed by atoms with E-state index in [0.717, 1.165) is 18.5 Å². The molecule has 0 atom stereocenters. The van der Waals surface area contributed by atoms with Crippen LogP contribution in [0.25, 0.3) is 0 Å². The van der Waals surface area contributed by atoms with Gasteiger partial charge in [0.2, 0.25) is 5.95 Å². The molecule has 1 aromatic heterocycles. The van der Waals surface area contributed by atoms with Gasteiger partial charge in [0.1, 0.15) is 4.47 Å². The molecule has 0 radical (unpaired) electrons. The van der Waals surface area contributed by atoms with E-state index in [1.165, 1.54) is 12.8 Å². The van der Waals surface area contributed by atoms with Crippen LogP contribution >= 0.6 is 15.9 Å². The Balaban J connectivity index is 2.44. The van der Waals surface area contributed by atoms with Crippen LogP contribution in [0.4, 0.5) is 5.95 Å². The van der Waals surface area contributed by atoms with Gasteiger partial charge in [-0.2, -0.15) is 0 Å². The normalized spacial score (nSPS) is 16.9. The molecule has 1 fully saturated rings.